The van der Waals surface area contributed by atoms with E-state index in [4.69, 9.17) is 0 Å². The number of amides is 2. The van der Waals surface area contributed by atoms with Gasteiger partial charge in [0, 0.05) is 22.5 Å². The summed E-state index contributed by atoms with van der Waals surface area (Å²) in [4.78, 5) is 30.2. The van der Waals surface area contributed by atoms with Crippen LogP contribution in [-0.4, -0.2) is 17.5 Å². The largest absolute Gasteiger partial charge is 0.358 e. The first-order valence-corrected chi connectivity index (χ1v) is 11.5. The van der Waals surface area contributed by atoms with Crippen molar-refractivity contribution in [3.8, 4) is 0 Å². The monoisotopic (exact) mass is 459 g/mol. The third-order valence-electron chi connectivity index (χ3n) is 6.00. The fourth-order valence-corrected chi connectivity index (χ4v) is 5.14. The number of hydrogen-bond donors (Lipinski definition) is 2. The minimum absolute atomic E-state index is 0.184. The Kier molecular flexibility index (Phi) is 5.34. The van der Waals surface area contributed by atoms with Gasteiger partial charge in [-0.05, 0) is 71.6 Å². The Labute approximate surface area is 195 Å². The molecule has 7 heteroatoms. The quantitative estimate of drug-likeness (QED) is 0.609. The van der Waals surface area contributed by atoms with Crippen molar-refractivity contribution in [2.45, 2.75) is 25.6 Å². The molecule has 0 bridgehead atoms. The number of para-hydroxylation sites is 1. The Morgan fingerprint density at radius 3 is 2.79 bits per heavy atom. The van der Waals surface area contributed by atoms with Crippen LogP contribution in [0.5, 0.6) is 0 Å². The zero-order valence-corrected chi connectivity index (χ0v) is 18.8. The van der Waals surface area contributed by atoms with Gasteiger partial charge in [-0.2, -0.15) is 0 Å². The van der Waals surface area contributed by atoms with E-state index in [-0.39, 0.29) is 11.5 Å². The standard InChI is InChI=1S/C26H22FN3O2S/c1-17-8-9-20(27)15-21(17)24(31)29-26(11-4-5-12-28-26)25(32)30-16-23-19(10-13-33-23)14-18-6-2-3-7-22(18)30/h2-13,15,28H,14,16H2,1H3,(H,29,31). The van der Waals surface area contributed by atoms with E-state index < -0.39 is 17.4 Å². The van der Waals surface area contributed by atoms with Crippen LogP contribution in [0.4, 0.5) is 10.1 Å². The number of dihydropyridines is 1. The summed E-state index contributed by atoms with van der Waals surface area (Å²) in [5.41, 5.74) is 2.34. The summed E-state index contributed by atoms with van der Waals surface area (Å²) in [5.74, 6) is -1.36. The fraction of sp³-hybridized carbons (Fsp3) is 0.154. The predicted molar refractivity (Wildman–Crippen MR) is 128 cm³/mol. The van der Waals surface area contributed by atoms with Gasteiger partial charge in [0.15, 0.2) is 0 Å². The molecular formula is C26H22FN3O2S. The van der Waals surface area contributed by atoms with Gasteiger partial charge >= 0.3 is 0 Å². The molecule has 1 unspecified atom stereocenters. The van der Waals surface area contributed by atoms with Crippen LogP contribution in [0.2, 0.25) is 0 Å². The number of rotatable bonds is 3. The minimum Gasteiger partial charge on any atom is -0.358 e. The first-order valence-electron chi connectivity index (χ1n) is 10.6. The van der Waals surface area contributed by atoms with Gasteiger partial charge in [0.2, 0.25) is 5.66 Å². The molecule has 0 aliphatic carbocycles. The number of carbonyl (C=O) groups excluding carboxylic acids is 2. The third-order valence-corrected chi connectivity index (χ3v) is 6.95. The fourth-order valence-electron chi connectivity index (χ4n) is 4.25. The molecule has 1 aromatic heterocycles. The smallest absolute Gasteiger partial charge is 0.278 e. The summed E-state index contributed by atoms with van der Waals surface area (Å²) < 4.78 is 13.9. The number of fused-ring (bicyclic) bond motifs is 2. The van der Waals surface area contributed by atoms with Crippen LogP contribution in [0.25, 0.3) is 0 Å². The van der Waals surface area contributed by atoms with Gasteiger partial charge in [-0.15, -0.1) is 11.3 Å². The first-order chi connectivity index (χ1) is 16.0. The molecule has 2 aromatic carbocycles. The summed E-state index contributed by atoms with van der Waals surface area (Å²) in [6.07, 6.45) is 7.46. The first kappa shape index (κ1) is 21.2. The van der Waals surface area contributed by atoms with E-state index >= 15 is 0 Å². The molecule has 0 radical (unpaired) electrons. The highest BCUT2D eigenvalue weighted by Crippen LogP contribution is 2.34. The molecule has 0 saturated carbocycles. The van der Waals surface area contributed by atoms with Crippen molar-refractivity contribution in [3.05, 3.63) is 111 Å². The minimum atomic E-state index is -1.51. The number of anilines is 1. The van der Waals surface area contributed by atoms with Crippen LogP contribution < -0.4 is 15.5 Å². The lowest BCUT2D eigenvalue weighted by atomic mass is 10.0. The molecule has 0 fully saturated rings. The van der Waals surface area contributed by atoms with E-state index in [9.17, 15) is 14.0 Å². The van der Waals surface area contributed by atoms with E-state index in [0.717, 1.165) is 22.5 Å². The Morgan fingerprint density at radius 1 is 1.12 bits per heavy atom. The molecule has 3 aromatic rings. The van der Waals surface area contributed by atoms with Crippen LogP contribution in [0.15, 0.2) is 78.3 Å². The van der Waals surface area contributed by atoms with Gasteiger partial charge < -0.3 is 15.5 Å². The van der Waals surface area contributed by atoms with Gasteiger partial charge in [0.05, 0.1) is 6.54 Å². The number of halogens is 1. The maximum atomic E-state index is 14.1. The highest BCUT2D eigenvalue weighted by atomic mass is 32.1. The number of carbonyl (C=O) groups is 2. The summed E-state index contributed by atoms with van der Waals surface area (Å²) in [6, 6.07) is 14.0. The van der Waals surface area contributed by atoms with E-state index in [2.05, 4.69) is 16.7 Å². The zero-order chi connectivity index (χ0) is 23.0. The molecule has 166 valence electrons. The zero-order valence-electron chi connectivity index (χ0n) is 18.0. The number of allylic oxidation sites excluding steroid dienone is 2. The van der Waals surface area contributed by atoms with Gasteiger partial charge in [-0.25, -0.2) is 4.39 Å². The van der Waals surface area contributed by atoms with Gasteiger partial charge in [0.25, 0.3) is 11.8 Å². The number of hydrogen-bond acceptors (Lipinski definition) is 4. The van der Waals surface area contributed by atoms with Gasteiger partial charge in [0.1, 0.15) is 5.82 Å². The molecular weight excluding hydrogens is 437 g/mol. The van der Waals surface area contributed by atoms with Crippen molar-refractivity contribution in [2.75, 3.05) is 4.90 Å². The van der Waals surface area contributed by atoms with Crippen LogP contribution in [0.1, 0.15) is 31.9 Å². The van der Waals surface area contributed by atoms with E-state index in [0.29, 0.717) is 12.1 Å². The molecule has 0 saturated heterocycles. The molecule has 2 aliphatic heterocycles. The molecule has 33 heavy (non-hydrogen) atoms. The lowest BCUT2D eigenvalue weighted by molar-refractivity contribution is -0.123. The lowest BCUT2D eigenvalue weighted by Crippen LogP contribution is -2.66. The van der Waals surface area contributed by atoms with E-state index in [1.165, 1.54) is 17.7 Å². The number of nitrogens with one attached hydrogen (secondary N) is 2. The SMILES string of the molecule is Cc1ccc(F)cc1C(=O)NC1(C(=O)N2Cc3sccc3Cc3ccccc32)C=CC=CN1. The molecule has 2 aliphatic rings. The summed E-state index contributed by atoms with van der Waals surface area (Å²) in [5, 5.41) is 7.93. The number of benzene rings is 2. The Hall–Kier alpha value is -3.71. The molecule has 5 nitrogen and oxygen atoms in total. The van der Waals surface area contributed by atoms with Crippen LogP contribution in [0.3, 0.4) is 0 Å². The van der Waals surface area contributed by atoms with Crippen LogP contribution in [-0.2, 0) is 17.8 Å². The molecule has 2 amide bonds. The normalized spacial score (nSPS) is 18.7. The van der Waals surface area contributed by atoms with Gasteiger partial charge in [-0.3, -0.25) is 9.59 Å². The molecule has 5 rings (SSSR count). The molecule has 2 N–H and O–H groups in total. The lowest BCUT2D eigenvalue weighted by Gasteiger charge is -2.37. The van der Waals surface area contributed by atoms with Crippen molar-refractivity contribution < 1.29 is 14.0 Å². The maximum Gasteiger partial charge on any atom is 0.278 e. The second-order valence-corrected chi connectivity index (χ2v) is 9.15. The van der Waals surface area contributed by atoms with E-state index in [1.54, 1.807) is 53.7 Å². The van der Waals surface area contributed by atoms with E-state index in [1.807, 2.05) is 29.6 Å². The highest BCUT2D eigenvalue weighted by Gasteiger charge is 2.42. The number of aryl methyl sites for hydroxylation is 1. The summed E-state index contributed by atoms with van der Waals surface area (Å²) in [6.45, 7) is 2.13. The number of nitrogens with zero attached hydrogens (tertiary/aromatic N) is 1. The van der Waals surface area contributed by atoms with Crippen molar-refractivity contribution in [3.63, 3.8) is 0 Å². The Bertz CT molecular complexity index is 1310. The Balaban J connectivity index is 1.55. The van der Waals surface area contributed by atoms with Gasteiger partial charge in [-0.1, -0.05) is 30.3 Å². The molecule has 0 spiro atoms. The van der Waals surface area contributed by atoms with Crippen LogP contribution in [0, 0.1) is 12.7 Å². The number of thiophene rings is 1. The highest BCUT2D eigenvalue weighted by molar-refractivity contribution is 7.10. The Morgan fingerprint density at radius 2 is 1.97 bits per heavy atom. The average molecular weight is 460 g/mol. The molecule has 1 atom stereocenters. The third kappa shape index (κ3) is 3.85. The predicted octanol–water partition coefficient (Wildman–Crippen LogP) is 4.43. The second kappa shape index (κ2) is 8.33. The van der Waals surface area contributed by atoms with Crippen molar-refractivity contribution >= 4 is 28.8 Å². The topological polar surface area (TPSA) is 61.4 Å². The summed E-state index contributed by atoms with van der Waals surface area (Å²) >= 11 is 1.62. The van der Waals surface area contributed by atoms with Crippen molar-refractivity contribution in [1.29, 1.82) is 0 Å². The molecule has 3 heterocycles. The maximum absolute atomic E-state index is 14.1. The van der Waals surface area contributed by atoms with Crippen molar-refractivity contribution in [2.24, 2.45) is 0 Å². The summed E-state index contributed by atoms with van der Waals surface area (Å²) in [7, 11) is 0. The van der Waals surface area contributed by atoms with Crippen LogP contribution >= 0.6 is 11.3 Å². The average Bonchev–Trinajstić information content (AvgIpc) is 3.19. The second-order valence-electron chi connectivity index (χ2n) is 8.15. The van der Waals surface area contributed by atoms with Crippen molar-refractivity contribution in [1.82, 2.24) is 10.6 Å².